The highest BCUT2D eigenvalue weighted by Crippen LogP contribution is 2.33. The highest BCUT2D eigenvalue weighted by molar-refractivity contribution is 5.61. The fraction of sp³-hybridized carbons (Fsp3) is 0.929. The van der Waals surface area contributed by atoms with Gasteiger partial charge in [-0.15, -0.1) is 0 Å². The van der Waals surface area contributed by atoms with E-state index in [4.69, 9.17) is 9.47 Å². The molecule has 0 saturated heterocycles. The van der Waals surface area contributed by atoms with Gasteiger partial charge in [0.05, 0.1) is 0 Å². The molecule has 0 atom stereocenters. The van der Waals surface area contributed by atoms with Gasteiger partial charge in [0.15, 0.2) is 0 Å². The summed E-state index contributed by atoms with van der Waals surface area (Å²) in [5.41, 5.74) is -0.296. The van der Waals surface area contributed by atoms with Gasteiger partial charge in [-0.05, 0) is 44.4 Å². The summed E-state index contributed by atoms with van der Waals surface area (Å²) in [6.07, 6.45) is 3.63. The summed E-state index contributed by atoms with van der Waals surface area (Å²) in [6, 6.07) is 0. The molecule has 0 bridgehead atoms. The molecule has 0 radical (unpaired) electrons. The predicted molar refractivity (Wildman–Crippen MR) is 67.9 cm³/mol. The molecule has 0 aromatic rings. The first-order valence-corrected chi connectivity index (χ1v) is 6.74. The van der Waals surface area contributed by atoms with Crippen LogP contribution in [0.2, 0.25) is 0 Å². The zero-order chi connectivity index (χ0) is 13.1. The number of rotatable bonds is 4. The van der Waals surface area contributed by atoms with Gasteiger partial charge >= 0.3 is 6.16 Å². The molecule has 0 spiro atoms. The maximum absolute atomic E-state index is 11.8. The Hall–Kier alpha value is -0.730. The van der Waals surface area contributed by atoms with Crippen molar-refractivity contribution in [1.29, 1.82) is 0 Å². The largest absolute Gasteiger partial charge is 0.509 e. The maximum Gasteiger partial charge on any atom is 0.509 e. The number of hydrogen-bond acceptors (Lipinski definition) is 3. The normalized spacial score (nSPS) is 19.1. The van der Waals surface area contributed by atoms with Gasteiger partial charge in [-0.25, -0.2) is 4.79 Å². The molecule has 100 valence electrons. The first kappa shape index (κ1) is 14.3. The van der Waals surface area contributed by atoms with Crippen LogP contribution < -0.4 is 0 Å². The molecule has 1 aliphatic rings. The van der Waals surface area contributed by atoms with E-state index in [0.717, 1.165) is 25.7 Å². The van der Waals surface area contributed by atoms with Crippen molar-refractivity contribution in [3.63, 3.8) is 0 Å². The van der Waals surface area contributed by atoms with Crippen LogP contribution in [-0.4, -0.2) is 17.9 Å². The molecule has 1 fully saturated rings. The van der Waals surface area contributed by atoms with Crippen molar-refractivity contribution in [3.05, 3.63) is 0 Å². The summed E-state index contributed by atoms with van der Waals surface area (Å²) in [7, 11) is 0. The minimum absolute atomic E-state index is 0.0625. The predicted octanol–water partition coefficient (Wildman–Crippen LogP) is 4.15. The molecular weight excluding hydrogens is 216 g/mol. The Morgan fingerprint density at radius 2 is 1.53 bits per heavy atom. The molecular formula is C14H26O3. The minimum atomic E-state index is -0.498. The number of hydrogen-bond donors (Lipinski definition) is 0. The standard InChI is InChI=1S/C14H26O3/c1-10(2)12(11(3)4)16-13(15)17-14(5)8-6-7-9-14/h10-12H,6-9H2,1-5H3. The van der Waals surface area contributed by atoms with E-state index in [1.54, 1.807) is 0 Å². The van der Waals surface area contributed by atoms with Crippen LogP contribution in [0.4, 0.5) is 4.79 Å². The molecule has 0 heterocycles. The molecule has 3 nitrogen and oxygen atoms in total. The third-order valence-corrected chi connectivity index (χ3v) is 3.54. The van der Waals surface area contributed by atoms with Crippen molar-refractivity contribution in [2.75, 3.05) is 0 Å². The SMILES string of the molecule is CC(C)C(OC(=O)OC1(C)CCCC1)C(C)C. The Labute approximate surface area is 105 Å². The smallest absolute Gasteiger partial charge is 0.430 e. The second-order valence-electron chi connectivity index (χ2n) is 6.08. The quantitative estimate of drug-likeness (QED) is 0.695. The van der Waals surface area contributed by atoms with Gasteiger partial charge in [0, 0.05) is 0 Å². The van der Waals surface area contributed by atoms with Gasteiger partial charge in [0.25, 0.3) is 0 Å². The Bertz CT molecular complexity index is 244. The van der Waals surface area contributed by atoms with Crippen molar-refractivity contribution < 1.29 is 14.3 Å². The molecule has 3 heteroatoms. The van der Waals surface area contributed by atoms with Gasteiger partial charge in [-0.3, -0.25) is 0 Å². The first-order valence-electron chi connectivity index (χ1n) is 6.74. The van der Waals surface area contributed by atoms with Gasteiger partial charge in [0.1, 0.15) is 11.7 Å². The summed E-state index contributed by atoms with van der Waals surface area (Å²) in [5, 5.41) is 0. The van der Waals surface area contributed by atoms with E-state index in [1.165, 1.54) is 0 Å². The number of carbonyl (C=O) groups excluding carboxylic acids is 1. The van der Waals surface area contributed by atoms with Crippen LogP contribution in [0.1, 0.15) is 60.3 Å². The highest BCUT2D eigenvalue weighted by Gasteiger charge is 2.34. The van der Waals surface area contributed by atoms with Crippen molar-refractivity contribution in [2.24, 2.45) is 11.8 Å². The Morgan fingerprint density at radius 3 is 1.94 bits per heavy atom. The monoisotopic (exact) mass is 242 g/mol. The maximum atomic E-state index is 11.8. The lowest BCUT2D eigenvalue weighted by molar-refractivity contribution is -0.0573. The number of ether oxygens (including phenoxy) is 2. The summed E-state index contributed by atoms with van der Waals surface area (Å²) >= 11 is 0. The minimum Gasteiger partial charge on any atom is -0.430 e. The summed E-state index contributed by atoms with van der Waals surface area (Å²) in [6.45, 7) is 10.3. The topological polar surface area (TPSA) is 35.5 Å². The van der Waals surface area contributed by atoms with Crippen molar-refractivity contribution in [1.82, 2.24) is 0 Å². The van der Waals surface area contributed by atoms with E-state index in [9.17, 15) is 4.79 Å². The highest BCUT2D eigenvalue weighted by atomic mass is 16.7. The molecule has 0 aromatic carbocycles. The van der Waals surface area contributed by atoms with Crippen LogP contribution >= 0.6 is 0 Å². The lowest BCUT2D eigenvalue weighted by Crippen LogP contribution is -2.34. The second-order valence-corrected chi connectivity index (χ2v) is 6.08. The fourth-order valence-corrected chi connectivity index (χ4v) is 2.60. The molecule has 17 heavy (non-hydrogen) atoms. The van der Waals surface area contributed by atoms with E-state index < -0.39 is 6.16 Å². The first-order chi connectivity index (χ1) is 7.84. The van der Waals surface area contributed by atoms with Crippen molar-refractivity contribution in [2.45, 2.75) is 72.0 Å². The van der Waals surface area contributed by atoms with Gasteiger partial charge < -0.3 is 9.47 Å². The van der Waals surface area contributed by atoms with Gasteiger partial charge in [0.2, 0.25) is 0 Å². The van der Waals surface area contributed by atoms with E-state index in [2.05, 4.69) is 27.7 Å². The summed E-state index contributed by atoms with van der Waals surface area (Å²) in [5.74, 6) is 0.637. The van der Waals surface area contributed by atoms with Gasteiger partial charge in [-0.2, -0.15) is 0 Å². The third kappa shape index (κ3) is 4.21. The average Bonchev–Trinajstić information content (AvgIpc) is 2.60. The van der Waals surface area contributed by atoms with E-state index in [-0.39, 0.29) is 11.7 Å². The van der Waals surface area contributed by atoms with Crippen LogP contribution in [0.25, 0.3) is 0 Å². The Morgan fingerprint density at radius 1 is 1.06 bits per heavy atom. The van der Waals surface area contributed by atoms with Crippen LogP contribution in [-0.2, 0) is 9.47 Å². The lowest BCUT2D eigenvalue weighted by Gasteiger charge is -2.28. The molecule has 1 rings (SSSR count). The second kappa shape index (κ2) is 5.74. The summed E-state index contributed by atoms with van der Waals surface area (Å²) in [4.78, 5) is 11.8. The Balaban J connectivity index is 2.47. The fourth-order valence-electron chi connectivity index (χ4n) is 2.60. The molecule has 0 aliphatic heterocycles. The molecule has 0 unspecified atom stereocenters. The number of carbonyl (C=O) groups is 1. The Kier molecular flexibility index (Phi) is 4.84. The van der Waals surface area contributed by atoms with Gasteiger partial charge in [-0.1, -0.05) is 27.7 Å². The zero-order valence-electron chi connectivity index (χ0n) is 11.8. The van der Waals surface area contributed by atoms with Crippen LogP contribution in [0, 0.1) is 11.8 Å². The molecule has 1 aliphatic carbocycles. The molecule has 1 saturated carbocycles. The van der Waals surface area contributed by atoms with Crippen molar-refractivity contribution >= 4 is 6.16 Å². The van der Waals surface area contributed by atoms with Crippen LogP contribution in [0.15, 0.2) is 0 Å². The lowest BCUT2D eigenvalue weighted by atomic mass is 9.96. The van der Waals surface area contributed by atoms with E-state index in [0.29, 0.717) is 11.8 Å². The molecule has 0 aromatic heterocycles. The van der Waals surface area contributed by atoms with E-state index >= 15 is 0 Å². The van der Waals surface area contributed by atoms with Crippen LogP contribution in [0.3, 0.4) is 0 Å². The van der Waals surface area contributed by atoms with Crippen molar-refractivity contribution in [3.8, 4) is 0 Å². The third-order valence-electron chi connectivity index (χ3n) is 3.54. The molecule has 0 amide bonds. The summed E-state index contributed by atoms with van der Waals surface area (Å²) < 4.78 is 10.9. The molecule has 0 N–H and O–H groups in total. The van der Waals surface area contributed by atoms with E-state index in [1.807, 2.05) is 6.92 Å². The zero-order valence-corrected chi connectivity index (χ0v) is 11.8. The average molecular weight is 242 g/mol. The van der Waals surface area contributed by atoms with Crippen LogP contribution in [0.5, 0.6) is 0 Å².